The zero-order valence-corrected chi connectivity index (χ0v) is 10.3. The highest BCUT2D eigenvalue weighted by molar-refractivity contribution is 5.27. The summed E-state index contributed by atoms with van der Waals surface area (Å²) in [5, 5.41) is 3.21. The molecule has 0 aromatic heterocycles. The summed E-state index contributed by atoms with van der Waals surface area (Å²) >= 11 is 0. The van der Waals surface area contributed by atoms with E-state index in [9.17, 15) is 0 Å². The number of nitrogens with one attached hydrogen (secondary N) is 1. The van der Waals surface area contributed by atoms with Crippen molar-refractivity contribution in [2.75, 3.05) is 13.6 Å². The van der Waals surface area contributed by atoms with Crippen molar-refractivity contribution in [3.63, 3.8) is 0 Å². The van der Waals surface area contributed by atoms with Crippen molar-refractivity contribution in [2.45, 2.75) is 44.4 Å². The van der Waals surface area contributed by atoms with Crippen LogP contribution in [0.1, 0.15) is 49.1 Å². The van der Waals surface area contributed by atoms with Gasteiger partial charge in [-0.3, -0.25) is 0 Å². The molecule has 0 amide bonds. The quantitative estimate of drug-likeness (QED) is 0.744. The normalized spacial score (nSPS) is 16.8. The summed E-state index contributed by atoms with van der Waals surface area (Å²) in [5.41, 5.74) is 3.10. The smallest absolute Gasteiger partial charge is 0.00488 e. The third-order valence-electron chi connectivity index (χ3n) is 3.67. The first kappa shape index (κ1) is 11.7. The summed E-state index contributed by atoms with van der Waals surface area (Å²) < 4.78 is 0. The van der Waals surface area contributed by atoms with Crippen LogP contribution in [0.3, 0.4) is 0 Å². The molecule has 0 spiro atoms. The molecule has 1 N–H and O–H groups in total. The van der Waals surface area contributed by atoms with Crippen molar-refractivity contribution < 1.29 is 0 Å². The van der Waals surface area contributed by atoms with Crippen LogP contribution in [0.2, 0.25) is 0 Å². The van der Waals surface area contributed by atoms with E-state index in [1.54, 1.807) is 5.56 Å². The Morgan fingerprint density at radius 2 is 2.06 bits per heavy atom. The van der Waals surface area contributed by atoms with Crippen LogP contribution in [0, 0.1) is 0 Å². The van der Waals surface area contributed by atoms with Gasteiger partial charge in [-0.15, -0.1) is 0 Å². The van der Waals surface area contributed by atoms with E-state index < -0.39 is 0 Å². The van der Waals surface area contributed by atoms with Crippen LogP contribution in [0.25, 0.3) is 0 Å². The molecule has 0 unspecified atom stereocenters. The lowest BCUT2D eigenvalue weighted by atomic mass is 9.95. The number of benzene rings is 1. The number of hydrogen-bond acceptors (Lipinski definition) is 1. The largest absolute Gasteiger partial charge is 0.320 e. The zero-order chi connectivity index (χ0) is 11.2. The Kier molecular flexibility index (Phi) is 4.41. The molecule has 1 aromatic carbocycles. The van der Waals surface area contributed by atoms with Crippen LogP contribution in [0.4, 0.5) is 0 Å². The Labute approximate surface area is 99.3 Å². The fourth-order valence-corrected chi connectivity index (χ4v) is 2.73. The van der Waals surface area contributed by atoms with Gasteiger partial charge in [0.2, 0.25) is 0 Å². The fraction of sp³-hybridized carbons (Fsp3) is 0.600. The standard InChI is InChI=1S/C15H23N/c1-16-11-5-7-13-6-4-10-15(12-13)14-8-2-3-9-14/h4,6,10,12,14,16H,2-3,5,7-9,11H2,1H3. The van der Waals surface area contributed by atoms with Crippen LogP contribution in [-0.2, 0) is 6.42 Å². The second-order valence-electron chi connectivity index (χ2n) is 4.93. The molecule has 1 aliphatic rings. The molecular weight excluding hydrogens is 194 g/mol. The molecule has 16 heavy (non-hydrogen) atoms. The van der Waals surface area contributed by atoms with Crippen LogP contribution >= 0.6 is 0 Å². The highest BCUT2D eigenvalue weighted by atomic mass is 14.8. The molecular formula is C15H23N. The summed E-state index contributed by atoms with van der Waals surface area (Å²) in [4.78, 5) is 0. The van der Waals surface area contributed by atoms with Gasteiger partial charge in [-0.2, -0.15) is 0 Å². The Morgan fingerprint density at radius 3 is 2.81 bits per heavy atom. The van der Waals surface area contributed by atoms with Crippen molar-refractivity contribution >= 4 is 0 Å². The first-order chi connectivity index (χ1) is 7.90. The van der Waals surface area contributed by atoms with Crippen molar-refractivity contribution in [1.29, 1.82) is 0 Å². The molecule has 0 atom stereocenters. The Bertz CT molecular complexity index is 313. The summed E-state index contributed by atoms with van der Waals surface area (Å²) in [6.45, 7) is 1.12. The summed E-state index contributed by atoms with van der Waals surface area (Å²) in [6, 6.07) is 9.26. The molecule has 1 aromatic rings. The monoisotopic (exact) mass is 217 g/mol. The minimum atomic E-state index is 0.851. The van der Waals surface area contributed by atoms with E-state index in [0.717, 1.165) is 12.5 Å². The molecule has 0 saturated heterocycles. The highest BCUT2D eigenvalue weighted by Gasteiger charge is 2.16. The fourth-order valence-electron chi connectivity index (χ4n) is 2.73. The molecule has 0 aliphatic heterocycles. The Hall–Kier alpha value is -0.820. The molecule has 1 fully saturated rings. The van der Waals surface area contributed by atoms with Crippen LogP contribution in [0.5, 0.6) is 0 Å². The summed E-state index contributed by atoms with van der Waals surface area (Å²) in [6.07, 6.45) is 8.11. The Balaban J connectivity index is 1.95. The maximum absolute atomic E-state index is 3.21. The van der Waals surface area contributed by atoms with Gasteiger partial charge < -0.3 is 5.32 Å². The maximum atomic E-state index is 3.21. The van der Waals surface area contributed by atoms with Gasteiger partial charge in [-0.1, -0.05) is 37.1 Å². The van der Waals surface area contributed by atoms with E-state index >= 15 is 0 Å². The van der Waals surface area contributed by atoms with Gasteiger partial charge in [0, 0.05) is 0 Å². The predicted molar refractivity (Wildman–Crippen MR) is 69.9 cm³/mol. The second-order valence-corrected chi connectivity index (χ2v) is 4.93. The lowest BCUT2D eigenvalue weighted by molar-refractivity contribution is 0.710. The van der Waals surface area contributed by atoms with Gasteiger partial charge >= 0.3 is 0 Å². The average molecular weight is 217 g/mol. The van der Waals surface area contributed by atoms with E-state index in [1.807, 2.05) is 7.05 Å². The van der Waals surface area contributed by atoms with Gasteiger partial charge in [0.15, 0.2) is 0 Å². The first-order valence-corrected chi connectivity index (χ1v) is 6.63. The first-order valence-electron chi connectivity index (χ1n) is 6.63. The predicted octanol–water partition coefficient (Wildman–Crippen LogP) is 3.50. The van der Waals surface area contributed by atoms with Crippen LogP contribution in [0.15, 0.2) is 24.3 Å². The van der Waals surface area contributed by atoms with Crippen molar-refractivity contribution in [3.05, 3.63) is 35.4 Å². The minimum Gasteiger partial charge on any atom is -0.320 e. The second kappa shape index (κ2) is 6.05. The van der Waals surface area contributed by atoms with Crippen molar-refractivity contribution in [3.8, 4) is 0 Å². The SMILES string of the molecule is CNCCCc1cccc(C2CCCC2)c1. The number of hydrogen-bond donors (Lipinski definition) is 1. The average Bonchev–Trinajstić information content (AvgIpc) is 2.83. The molecule has 0 heterocycles. The minimum absolute atomic E-state index is 0.851. The lowest BCUT2D eigenvalue weighted by Crippen LogP contribution is -2.08. The van der Waals surface area contributed by atoms with E-state index in [0.29, 0.717) is 0 Å². The van der Waals surface area contributed by atoms with E-state index in [1.165, 1.54) is 44.1 Å². The topological polar surface area (TPSA) is 12.0 Å². The maximum Gasteiger partial charge on any atom is -0.00488 e. The van der Waals surface area contributed by atoms with Crippen LogP contribution < -0.4 is 5.32 Å². The number of rotatable bonds is 5. The van der Waals surface area contributed by atoms with Crippen LogP contribution in [-0.4, -0.2) is 13.6 Å². The number of aryl methyl sites for hydroxylation is 1. The molecule has 1 aliphatic carbocycles. The molecule has 0 radical (unpaired) electrons. The molecule has 1 saturated carbocycles. The zero-order valence-electron chi connectivity index (χ0n) is 10.3. The van der Waals surface area contributed by atoms with Gasteiger partial charge in [0.05, 0.1) is 0 Å². The third kappa shape index (κ3) is 3.08. The van der Waals surface area contributed by atoms with Gasteiger partial charge in [0.25, 0.3) is 0 Å². The van der Waals surface area contributed by atoms with Gasteiger partial charge in [-0.25, -0.2) is 0 Å². The highest BCUT2D eigenvalue weighted by Crippen LogP contribution is 2.34. The molecule has 88 valence electrons. The summed E-state index contributed by atoms with van der Waals surface area (Å²) in [5.74, 6) is 0.851. The van der Waals surface area contributed by atoms with Gasteiger partial charge in [-0.05, 0) is 56.3 Å². The Morgan fingerprint density at radius 1 is 1.25 bits per heavy atom. The van der Waals surface area contributed by atoms with Gasteiger partial charge in [0.1, 0.15) is 0 Å². The molecule has 1 nitrogen and oxygen atoms in total. The summed E-state index contributed by atoms with van der Waals surface area (Å²) in [7, 11) is 2.02. The van der Waals surface area contributed by atoms with Crippen molar-refractivity contribution in [1.82, 2.24) is 5.32 Å². The molecule has 0 bridgehead atoms. The van der Waals surface area contributed by atoms with Crippen molar-refractivity contribution in [2.24, 2.45) is 0 Å². The third-order valence-corrected chi connectivity index (χ3v) is 3.67. The molecule has 2 rings (SSSR count). The van der Waals surface area contributed by atoms with E-state index in [4.69, 9.17) is 0 Å². The lowest BCUT2D eigenvalue weighted by Gasteiger charge is -2.11. The molecule has 1 heteroatoms. The van der Waals surface area contributed by atoms with E-state index in [2.05, 4.69) is 29.6 Å². The van der Waals surface area contributed by atoms with E-state index in [-0.39, 0.29) is 0 Å².